The molecule has 4 bridgehead atoms. The molecule has 0 aromatic heterocycles. The van der Waals surface area contributed by atoms with E-state index in [1.807, 2.05) is 27.7 Å². The van der Waals surface area contributed by atoms with Gasteiger partial charge in [0.1, 0.15) is 17.5 Å². The highest BCUT2D eigenvalue weighted by atomic mass is 16.8. The van der Waals surface area contributed by atoms with Crippen LogP contribution in [0.1, 0.15) is 53.9 Å². The molecule has 0 aromatic carbocycles. The molecular formula is C29H32O11. The Kier molecular flexibility index (Phi) is 3.75. The Morgan fingerprint density at radius 2 is 1.77 bits per heavy atom. The van der Waals surface area contributed by atoms with Crippen LogP contribution in [0, 0.1) is 35.0 Å². The second kappa shape index (κ2) is 6.14. The van der Waals surface area contributed by atoms with Crippen molar-refractivity contribution in [3.05, 3.63) is 23.0 Å². The van der Waals surface area contributed by atoms with Crippen LogP contribution in [0.25, 0.3) is 0 Å². The molecule has 0 amide bonds. The van der Waals surface area contributed by atoms with Gasteiger partial charge in [-0.3, -0.25) is 9.59 Å². The van der Waals surface area contributed by atoms with Crippen molar-refractivity contribution in [3.63, 3.8) is 0 Å². The predicted octanol–water partition coefficient (Wildman–Crippen LogP) is 0.394. The van der Waals surface area contributed by atoms with Crippen LogP contribution in [0.15, 0.2) is 23.0 Å². The maximum Gasteiger partial charge on any atom is 0.339 e. The number of hydrogen-bond acceptors (Lipinski definition) is 11. The van der Waals surface area contributed by atoms with Gasteiger partial charge in [-0.1, -0.05) is 13.8 Å². The Hall–Kier alpha value is -2.15. The zero-order valence-electron chi connectivity index (χ0n) is 22.8. The van der Waals surface area contributed by atoms with Crippen LogP contribution in [0.5, 0.6) is 0 Å². The van der Waals surface area contributed by atoms with E-state index < -0.39 is 87.1 Å². The number of Topliss-reactive ketones (excluding diaryl/α,β-unsaturated/α-hetero) is 1. The van der Waals surface area contributed by atoms with Gasteiger partial charge in [0, 0.05) is 34.8 Å². The first kappa shape index (κ1) is 24.4. The summed E-state index contributed by atoms with van der Waals surface area (Å²) in [7, 11) is 0. The summed E-state index contributed by atoms with van der Waals surface area (Å²) in [6, 6.07) is 0. The van der Waals surface area contributed by atoms with Crippen LogP contribution < -0.4 is 0 Å². The highest BCUT2D eigenvalue weighted by molar-refractivity contribution is 5.95. The summed E-state index contributed by atoms with van der Waals surface area (Å²) in [5.41, 5.74) is -6.43. The summed E-state index contributed by atoms with van der Waals surface area (Å²) in [6.07, 6.45) is -0.374. The van der Waals surface area contributed by atoms with Gasteiger partial charge in [0.25, 0.3) is 0 Å². The van der Waals surface area contributed by atoms with Crippen LogP contribution in [-0.2, 0) is 38.1 Å². The summed E-state index contributed by atoms with van der Waals surface area (Å²) in [4.78, 5) is 39.4. The molecule has 2 spiro atoms. The monoisotopic (exact) mass is 556 g/mol. The van der Waals surface area contributed by atoms with E-state index in [-0.39, 0.29) is 36.9 Å². The van der Waals surface area contributed by atoms with Crippen molar-refractivity contribution in [2.75, 3.05) is 0 Å². The van der Waals surface area contributed by atoms with Crippen molar-refractivity contribution < 1.29 is 53.4 Å². The lowest BCUT2D eigenvalue weighted by atomic mass is 9.61. The van der Waals surface area contributed by atoms with Gasteiger partial charge in [0.2, 0.25) is 23.0 Å². The summed E-state index contributed by atoms with van der Waals surface area (Å²) in [6.45, 7) is 9.05. The first-order valence-corrected chi connectivity index (χ1v) is 14.2. The molecule has 7 heterocycles. The molecule has 9 rings (SSSR count). The molecule has 2 saturated carbocycles. The minimum Gasteiger partial charge on any atom is -0.450 e. The van der Waals surface area contributed by atoms with E-state index >= 15 is 0 Å². The summed E-state index contributed by atoms with van der Waals surface area (Å²) >= 11 is 0. The quantitative estimate of drug-likeness (QED) is 0.355. The van der Waals surface area contributed by atoms with E-state index in [0.29, 0.717) is 11.1 Å². The molecule has 0 aromatic rings. The Morgan fingerprint density at radius 1 is 1.05 bits per heavy atom. The number of rotatable bonds is 0. The number of aliphatic hydroxyl groups is 3. The fourth-order valence-corrected chi connectivity index (χ4v) is 11.3. The molecule has 11 nitrogen and oxygen atoms in total. The van der Waals surface area contributed by atoms with E-state index in [0.717, 1.165) is 0 Å². The van der Waals surface area contributed by atoms with Gasteiger partial charge in [-0.2, -0.15) is 0 Å². The third-order valence-electron chi connectivity index (χ3n) is 12.7. The largest absolute Gasteiger partial charge is 0.450 e. The molecule has 0 radical (unpaired) electrons. The smallest absolute Gasteiger partial charge is 0.339 e. The maximum atomic E-state index is 14.3. The average molecular weight is 557 g/mol. The number of hydrogen-bond donors (Lipinski definition) is 3. The van der Waals surface area contributed by atoms with Crippen molar-refractivity contribution in [2.45, 2.75) is 100 Å². The SMILES string of the molecule is CC1=C/C(=C2\[C@@H](C)[C@@H]3[C@H]4[C@]3(C)[C@]2(O)C[C@@]23O[C@]4(O)C(=O)[C@@H]2[C@H]2C[C@H]4C(C)(C)O[C@@H]5CC(=O)O[C@@]54[C@]3(O)O2)OC1=O. The van der Waals surface area contributed by atoms with Crippen molar-refractivity contribution >= 4 is 17.7 Å². The van der Waals surface area contributed by atoms with Gasteiger partial charge in [0.15, 0.2) is 0 Å². The highest BCUT2D eigenvalue weighted by Crippen LogP contribution is 2.85. The number of esters is 2. The molecule has 0 unspecified atom stereocenters. The lowest BCUT2D eigenvalue weighted by Gasteiger charge is -2.53. The van der Waals surface area contributed by atoms with Crippen LogP contribution in [-0.4, -0.2) is 79.2 Å². The lowest BCUT2D eigenvalue weighted by Crippen LogP contribution is -2.74. The zero-order valence-corrected chi connectivity index (χ0v) is 22.8. The second-order valence-corrected chi connectivity index (χ2v) is 14.4. The van der Waals surface area contributed by atoms with Gasteiger partial charge < -0.3 is 39.0 Å². The summed E-state index contributed by atoms with van der Waals surface area (Å²) in [5.74, 6) is -9.25. The first-order valence-electron chi connectivity index (χ1n) is 14.2. The van der Waals surface area contributed by atoms with Gasteiger partial charge in [-0.15, -0.1) is 0 Å². The molecule has 6 saturated heterocycles. The number of ether oxygens (including phenoxy) is 5. The molecule has 13 atom stereocenters. The lowest BCUT2D eigenvalue weighted by molar-refractivity contribution is -0.393. The van der Waals surface area contributed by atoms with Crippen molar-refractivity contribution in [1.82, 2.24) is 0 Å². The van der Waals surface area contributed by atoms with E-state index in [2.05, 4.69) is 0 Å². The fourth-order valence-electron chi connectivity index (χ4n) is 11.3. The fraction of sp³-hybridized carbons (Fsp3) is 0.759. The van der Waals surface area contributed by atoms with Crippen LogP contribution in [0.2, 0.25) is 0 Å². The van der Waals surface area contributed by atoms with Crippen molar-refractivity contribution in [3.8, 4) is 0 Å². The Balaban J connectivity index is 1.31. The van der Waals surface area contributed by atoms with Crippen LogP contribution in [0.3, 0.4) is 0 Å². The molecule has 40 heavy (non-hydrogen) atoms. The van der Waals surface area contributed by atoms with Crippen molar-refractivity contribution in [2.24, 2.45) is 35.0 Å². The minimum absolute atomic E-state index is 0.117. The molecule has 3 N–H and O–H groups in total. The van der Waals surface area contributed by atoms with Gasteiger partial charge >= 0.3 is 11.9 Å². The van der Waals surface area contributed by atoms with E-state index in [1.54, 1.807) is 13.0 Å². The Labute approximate surface area is 229 Å². The second-order valence-electron chi connectivity index (χ2n) is 14.4. The third kappa shape index (κ3) is 1.99. The van der Waals surface area contributed by atoms with Crippen molar-refractivity contribution in [1.29, 1.82) is 0 Å². The zero-order chi connectivity index (χ0) is 28.4. The molecule has 214 valence electrons. The predicted molar refractivity (Wildman–Crippen MR) is 128 cm³/mol. The Morgan fingerprint density at radius 3 is 2.45 bits per heavy atom. The normalized spacial score (nSPS) is 62.9. The maximum absolute atomic E-state index is 14.3. The molecular weight excluding hydrogens is 524 g/mol. The van der Waals surface area contributed by atoms with E-state index in [4.69, 9.17) is 23.7 Å². The topological polar surface area (TPSA) is 158 Å². The third-order valence-corrected chi connectivity index (χ3v) is 12.7. The number of carbonyl (C=O) groups is 3. The van der Waals surface area contributed by atoms with Gasteiger partial charge in [-0.25, -0.2) is 4.79 Å². The number of allylic oxidation sites excluding steroid dienone is 1. The van der Waals surface area contributed by atoms with E-state index in [1.165, 1.54) is 0 Å². The number of cyclic esters (lactones) is 1. The molecule has 9 aliphatic rings. The average Bonchev–Trinajstić information content (AvgIpc) is 3.10. The standard InChI is InChI=1S/C29H32O11/c1-10-6-12(36-22(10)32)17-11(2)18-20-24(18,5)25(17,33)9-26-19(21(31)28(20,34)40-26)13-7-14-23(3,4)38-15-8-16(30)39-27(14,15)29(26,35)37-13/h6,11,13-15,18-20,33-35H,7-9H2,1-5H3/b17-12-/t11-,13-,14+,15-,18-,19+,20+,24-,25+,26-,27-,28+,29-/m1/s1. The Bertz CT molecular complexity index is 1460. The molecule has 2 aliphatic carbocycles. The molecule has 11 heteroatoms. The number of ketones is 1. The number of carbonyl (C=O) groups excluding carboxylic acids is 3. The van der Waals surface area contributed by atoms with Gasteiger partial charge in [-0.05, 0) is 45.1 Å². The first-order chi connectivity index (χ1) is 18.5. The highest BCUT2D eigenvalue weighted by Gasteiger charge is 2.98. The van der Waals surface area contributed by atoms with Crippen LogP contribution >= 0.6 is 0 Å². The minimum atomic E-state index is -2.42. The van der Waals surface area contributed by atoms with E-state index in [9.17, 15) is 29.7 Å². The van der Waals surface area contributed by atoms with Gasteiger partial charge in [0.05, 0.1) is 29.6 Å². The number of fused-ring (bicyclic) bond motifs is 6. The van der Waals surface area contributed by atoms with Crippen LogP contribution in [0.4, 0.5) is 0 Å². The molecule has 8 fully saturated rings. The summed E-state index contributed by atoms with van der Waals surface area (Å²) < 4.78 is 30.8. The molecule has 7 aliphatic heterocycles. The summed E-state index contributed by atoms with van der Waals surface area (Å²) in [5, 5.41) is 37.9.